The van der Waals surface area contributed by atoms with Crippen LogP contribution in [0.1, 0.15) is 38.2 Å². The summed E-state index contributed by atoms with van der Waals surface area (Å²) >= 11 is 7.56. The Morgan fingerprint density at radius 1 is 1.43 bits per heavy atom. The van der Waals surface area contributed by atoms with Crippen molar-refractivity contribution >= 4 is 50.8 Å². The summed E-state index contributed by atoms with van der Waals surface area (Å²) in [5.41, 5.74) is 0.184. The number of halogens is 1. The number of benzene rings is 1. The number of hydrogen-bond donors (Lipinski definition) is 1. The number of carbonyl (C=O) groups excluding carboxylic acids is 1. The molecule has 23 heavy (non-hydrogen) atoms. The molecule has 1 aliphatic rings. The van der Waals surface area contributed by atoms with E-state index in [-0.39, 0.29) is 5.78 Å². The smallest absolute Gasteiger partial charge is 0.153 e. The van der Waals surface area contributed by atoms with Crippen LogP contribution in [0.25, 0.3) is 6.08 Å². The van der Waals surface area contributed by atoms with E-state index in [1.165, 1.54) is 0 Å². The molecule has 0 aromatic heterocycles. The average Bonchev–Trinajstić information content (AvgIpc) is 2.48. The van der Waals surface area contributed by atoms with Crippen molar-refractivity contribution in [2.75, 3.05) is 6.26 Å². The van der Waals surface area contributed by atoms with Crippen LogP contribution in [-0.4, -0.2) is 27.7 Å². The fourth-order valence-electron chi connectivity index (χ4n) is 2.71. The SMILES string of the molecule is C=S(=O)(/C=C/c1ccc(Cl)cc1SC)NC1(C)CCCCC1=O. The van der Waals surface area contributed by atoms with E-state index in [0.717, 1.165) is 23.3 Å². The van der Waals surface area contributed by atoms with E-state index in [1.54, 1.807) is 29.3 Å². The molecule has 0 spiro atoms. The number of thioether (sulfide) groups is 1. The average molecular weight is 372 g/mol. The van der Waals surface area contributed by atoms with Crippen LogP contribution in [0, 0.1) is 0 Å². The van der Waals surface area contributed by atoms with Crippen molar-refractivity contribution in [1.29, 1.82) is 0 Å². The Morgan fingerprint density at radius 2 is 2.17 bits per heavy atom. The third-order valence-corrected chi connectivity index (χ3v) is 6.41. The van der Waals surface area contributed by atoms with E-state index >= 15 is 0 Å². The van der Waals surface area contributed by atoms with Gasteiger partial charge in [-0.3, -0.25) is 4.79 Å². The molecule has 0 saturated heterocycles. The normalized spacial score (nSPS) is 24.7. The van der Waals surface area contributed by atoms with Gasteiger partial charge in [0.15, 0.2) is 5.78 Å². The van der Waals surface area contributed by atoms with E-state index in [9.17, 15) is 9.00 Å². The molecule has 0 amide bonds. The largest absolute Gasteiger partial charge is 0.298 e. The molecule has 1 aromatic rings. The number of carbonyl (C=O) groups is 1. The monoisotopic (exact) mass is 371 g/mol. The van der Waals surface area contributed by atoms with Crippen molar-refractivity contribution in [2.45, 2.75) is 43.0 Å². The summed E-state index contributed by atoms with van der Waals surface area (Å²) in [5, 5.41) is 2.23. The van der Waals surface area contributed by atoms with Gasteiger partial charge in [0.05, 0.1) is 5.54 Å². The first-order valence-corrected chi connectivity index (χ1v) is 10.9. The number of Topliss-reactive ketones (excluding diaryl/α,β-unsaturated/α-hetero) is 1. The van der Waals surface area contributed by atoms with Crippen molar-refractivity contribution < 1.29 is 9.00 Å². The Kier molecular flexibility index (Phi) is 6.00. The van der Waals surface area contributed by atoms with Gasteiger partial charge in [0.2, 0.25) is 0 Å². The molecule has 0 aliphatic heterocycles. The quantitative estimate of drug-likeness (QED) is 0.624. The first kappa shape index (κ1) is 18.6. The maximum absolute atomic E-state index is 12.8. The Balaban J connectivity index is 2.19. The summed E-state index contributed by atoms with van der Waals surface area (Å²) in [6.45, 7) is 1.82. The van der Waals surface area contributed by atoms with Crippen molar-refractivity contribution in [3.63, 3.8) is 0 Å². The predicted octanol–water partition coefficient (Wildman–Crippen LogP) is 4.16. The summed E-state index contributed by atoms with van der Waals surface area (Å²) in [5.74, 6) is 3.89. The van der Waals surface area contributed by atoms with Crippen molar-refractivity contribution in [1.82, 2.24) is 4.72 Å². The van der Waals surface area contributed by atoms with Gasteiger partial charge in [-0.05, 0) is 55.7 Å². The minimum absolute atomic E-state index is 0.116. The second-order valence-electron chi connectivity index (χ2n) is 5.98. The highest BCUT2D eigenvalue weighted by atomic mass is 35.5. The van der Waals surface area contributed by atoms with Crippen molar-refractivity contribution in [2.24, 2.45) is 0 Å². The van der Waals surface area contributed by atoms with Gasteiger partial charge in [0.25, 0.3) is 0 Å². The molecule has 0 radical (unpaired) electrons. The molecular weight excluding hydrogens is 350 g/mol. The highest BCUT2D eigenvalue weighted by Gasteiger charge is 2.36. The zero-order chi connectivity index (χ0) is 17.1. The molecule has 1 fully saturated rings. The van der Waals surface area contributed by atoms with Crippen LogP contribution in [0.15, 0.2) is 28.5 Å². The second kappa shape index (κ2) is 7.43. The summed E-state index contributed by atoms with van der Waals surface area (Å²) in [4.78, 5) is 13.2. The van der Waals surface area contributed by atoms with Crippen molar-refractivity contribution in [3.05, 3.63) is 34.2 Å². The molecule has 6 heteroatoms. The zero-order valence-corrected chi connectivity index (χ0v) is 15.8. The molecular formula is C17H22ClNO2S2. The lowest BCUT2D eigenvalue weighted by Crippen LogP contribution is -2.52. The maximum Gasteiger partial charge on any atom is 0.153 e. The Labute approximate surface area is 148 Å². The van der Waals surface area contributed by atoms with Gasteiger partial charge in [-0.25, -0.2) is 8.93 Å². The number of rotatable bonds is 5. The van der Waals surface area contributed by atoms with Crippen LogP contribution in [0.2, 0.25) is 5.02 Å². The molecule has 3 nitrogen and oxygen atoms in total. The summed E-state index contributed by atoms with van der Waals surface area (Å²) < 4.78 is 15.7. The molecule has 1 N–H and O–H groups in total. The maximum atomic E-state index is 12.8. The van der Waals surface area contributed by atoms with Gasteiger partial charge >= 0.3 is 0 Å². The van der Waals surface area contributed by atoms with E-state index in [1.807, 2.05) is 25.3 Å². The predicted molar refractivity (Wildman–Crippen MR) is 103 cm³/mol. The van der Waals surface area contributed by atoms with E-state index in [4.69, 9.17) is 11.6 Å². The number of hydrogen-bond acceptors (Lipinski definition) is 3. The van der Waals surface area contributed by atoms with Gasteiger partial charge < -0.3 is 0 Å². The fraction of sp³-hybridized carbons (Fsp3) is 0.412. The van der Waals surface area contributed by atoms with E-state index in [0.29, 0.717) is 17.9 Å². The van der Waals surface area contributed by atoms with Crippen LogP contribution >= 0.6 is 23.4 Å². The van der Waals surface area contributed by atoms with Gasteiger partial charge in [0.1, 0.15) is 0 Å². The van der Waals surface area contributed by atoms with Gasteiger partial charge in [-0.15, -0.1) is 11.8 Å². The van der Waals surface area contributed by atoms with Crippen LogP contribution in [0.4, 0.5) is 0 Å². The molecule has 1 saturated carbocycles. The minimum Gasteiger partial charge on any atom is -0.298 e. The van der Waals surface area contributed by atoms with Gasteiger partial charge in [-0.1, -0.05) is 24.1 Å². The zero-order valence-electron chi connectivity index (χ0n) is 13.4. The van der Waals surface area contributed by atoms with Gasteiger partial charge in [-0.2, -0.15) is 0 Å². The molecule has 1 aromatic carbocycles. The summed E-state index contributed by atoms with van der Waals surface area (Å²) in [7, 11) is -2.70. The van der Waals surface area contributed by atoms with E-state index in [2.05, 4.69) is 10.6 Å². The molecule has 0 bridgehead atoms. The van der Waals surface area contributed by atoms with Gasteiger partial charge in [0, 0.05) is 31.5 Å². The lowest BCUT2D eigenvalue weighted by Gasteiger charge is -2.33. The lowest BCUT2D eigenvalue weighted by atomic mass is 9.83. The highest BCUT2D eigenvalue weighted by Crippen LogP contribution is 2.27. The Bertz CT molecular complexity index is 728. The summed E-state index contributed by atoms with van der Waals surface area (Å²) in [6, 6.07) is 5.55. The van der Waals surface area contributed by atoms with E-state index < -0.39 is 15.2 Å². The minimum atomic E-state index is -2.70. The first-order valence-electron chi connectivity index (χ1n) is 7.47. The fourth-order valence-corrected chi connectivity index (χ4v) is 4.97. The lowest BCUT2D eigenvalue weighted by molar-refractivity contribution is -0.125. The molecule has 2 rings (SSSR count). The molecule has 126 valence electrons. The summed E-state index contributed by atoms with van der Waals surface area (Å²) in [6.07, 6.45) is 6.85. The highest BCUT2D eigenvalue weighted by molar-refractivity contribution is 8.01. The topological polar surface area (TPSA) is 46.2 Å². The molecule has 1 aliphatic carbocycles. The first-order chi connectivity index (χ1) is 10.8. The number of nitrogens with one attached hydrogen (secondary N) is 1. The van der Waals surface area contributed by atoms with Crippen molar-refractivity contribution in [3.8, 4) is 0 Å². The van der Waals surface area contributed by atoms with Crippen LogP contribution in [-0.2, 0) is 14.5 Å². The Morgan fingerprint density at radius 3 is 2.83 bits per heavy atom. The third-order valence-electron chi connectivity index (χ3n) is 4.01. The molecule has 2 atom stereocenters. The second-order valence-corrected chi connectivity index (χ2v) is 9.19. The van der Waals surface area contributed by atoms with Crippen LogP contribution in [0.3, 0.4) is 0 Å². The molecule has 2 unspecified atom stereocenters. The number of ketones is 1. The van der Waals surface area contributed by atoms with Crippen LogP contribution in [0.5, 0.6) is 0 Å². The van der Waals surface area contributed by atoms with Crippen LogP contribution < -0.4 is 4.72 Å². The molecule has 0 heterocycles. The standard InChI is InChI=1S/C17H22ClNO2S2/c1-17(10-5-4-6-16(17)20)19-23(3,21)11-9-13-7-8-14(18)12-15(13)22-2/h7-9,11-12H,3-6,10H2,1-2H3,(H,19,21)/b11-9+. The third kappa shape index (κ3) is 4.86. The Hall–Kier alpha value is -0.750.